The predicted octanol–water partition coefficient (Wildman–Crippen LogP) is 4.98. The summed E-state index contributed by atoms with van der Waals surface area (Å²) in [4.78, 5) is 0. The lowest BCUT2D eigenvalue weighted by Crippen LogP contribution is -1.89. The van der Waals surface area contributed by atoms with Crippen LogP contribution in [0.2, 0.25) is 0 Å². The van der Waals surface area contributed by atoms with E-state index in [9.17, 15) is 0 Å². The van der Waals surface area contributed by atoms with Crippen LogP contribution in [0.15, 0.2) is 0 Å². The smallest absolute Gasteiger partial charge is 0.129 e. The van der Waals surface area contributed by atoms with Crippen molar-refractivity contribution in [2.24, 2.45) is 0 Å². The molecular formula is C13H25N2P. The zero-order valence-electron chi connectivity index (χ0n) is 10.8. The van der Waals surface area contributed by atoms with Gasteiger partial charge in [-0.2, -0.15) is 0 Å². The van der Waals surface area contributed by atoms with Crippen molar-refractivity contribution in [1.82, 2.24) is 9.49 Å². The third kappa shape index (κ3) is 5.65. The molecule has 1 N–H and O–H groups in total. The van der Waals surface area contributed by atoms with Crippen molar-refractivity contribution >= 4 is 8.51 Å². The van der Waals surface area contributed by atoms with Gasteiger partial charge in [0.05, 0.1) is 5.69 Å². The highest BCUT2D eigenvalue weighted by molar-refractivity contribution is 7.20. The van der Waals surface area contributed by atoms with Gasteiger partial charge in [0.15, 0.2) is 0 Å². The van der Waals surface area contributed by atoms with Gasteiger partial charge in [-0.05, 0) is 19.8 Å². The number of nitrogens with one attached hydrogen (secondary N) is 1. The van der Waals surface area contributed by atoms with Gasteiger partial charge in [0.25, 0.3) is 0 Å². The van der Waals surface area contributed by atoms with E-state index in [-0.39, 0.29) is 0 Å². The topological polar surface area (TPSA) is 28.7 Å². The number of nitrogens with zero attached hydrogens (tertiary/aromatic N) is 1. The minimum absolute atomic E-state index is 1.03. The number of H-pyrrole nitrogens is 1. The maximum Gasteiger partial charge on any atom is 0.129 e. The SMILES string of the molecule is CCCCCCCCCCc1np[nH]c1C. The Bertz CT molecular complexity index is 271. The summed E-state index contributed by atoms with van der Waals surface area (Å²) in [5.41, 5.74) is 2.58. The molecule has 0 saturated carbocycles. The molecule has 3 heteroatoms. The van der Waals surface area contributed by atoms with E-state index in [1.807, 2.05) is 0 Å². The molecule has 0 aliphatic carbocycles. The first kappa shape index (κ1) is 13.7. The molecule has 1 rings (SSSR count). The largest absolute Gasteiger partial charge is 0.325 e. The Balaban J connectivity index is 1.91. The van der Waals surface area contributed by atoms with Crippen LogP contribution in [0.3, 0.4) is 0 Å². The first-order valence-corrected chi connectivity index (χ1v) is 7.56. The number of aromatic nitrogens is 2. The summed E-state index contributed by atoms with van der Waals surface area (Å²) in [7, 11) is 1.03. The quantitative estimate of drug-likeness (QED) is 0.606. The van der Waals surface area contributed by atoms with Crippen molar-refractivity contribution in [2.75, 3.05) is 0 Å². The second kappa shape index (κ2) is 8.75. The molecule has 0 amide bonds. The average molecular weight is 240 g/mol. The lowest BCUT2D eigenvalue weighted by Gasteiger charge is -2.01. The molecule has 1 aromatic rings. The highest BCUT2D eigenvalue weighted by Crippen LogP contribution is 2.13. The van der Waals surface area contributed by atoms with Crippen LogP contribution in [0.25, 0.3) is 0 Å². The molecule has 92 valence electrons. The zero-order chi connectivity index (χ0) is 11.6. The number of unbranched alkanes of at least 4 members (excludes halogenated alkanes) is 7. The van der Waals surface area contributed by atoms with Gasteiger partial charge in [0.1, 0.15) is 8.51 Å². The summed E-state index contributed by atoms with van der Waals surface area (Å²) in [5, 5.41) is 0. The van der Waals surface area contributed by atoms with Crippen LogP contribution >= 0.6 is 8.51 Å². The molecular weight excluding hydrogens is 215 g/mol. The number of hydrogen-bond acceptors (Lipinski definition) is 1. The molecule has 16 heavy (non-hydrogen) atoms. The van der Waals surface area contributed by atoms with E-state index in [1.54, 1.807) is 0 Å². The van der Waals surface area contributed by atoms with E-state index in [1.165, 1.54) is 69.2 Å². The van der Waals surface area contributed by atoms with Gasteiger partial charge in [0, 0.05) is 5.69 Å². The maximum atomic E-state index is 4.42. The standard InChI is InChI=1S/C13H25N2P/c1-3-4-5-6-7-8-9-10-11-13-12(2)14-16-15-13/h3-11H2,1-2H3,(H,14,15). The Hall–Kier alpha value is -0.360. The lowest BCUT2D eigenvalue weighted by molar-refractivity contribution is 0.574. The van der Waals surface area contributed by atoms with Crippen LogP contribution in [0.1, 0.15) is 69.7 Å². The van der Waals surface area contributed by atoms with Crippen molar-refractivity contribution in [3.05, 3.63) is 11.4 Å². The minimum atomic E-state index is 1.03. The summed E-state index contributed by atoms with van der Waals surface area (Å²) >= 11 is 0. The van der Waals surface area contributed by atoms with Crippen LogP contribution in [-0.2, 0) is 6.42 Å². The third-order valence-electron chi connectivity index (χ3n) is 3.09. The van der Waals surface area contributed by atoms with E-state index in [0.717, 1.165) is 8.51 Å². The molecule has 0 fully saturated rings. The van der Waals surface area contributed by atoms with Crippen molar-refractivity contribution in [3.63, 3.8) is 0 Å². The molecule has 0 aromatic carbocycles. The summed E-state index contributed by atoms with van der Waals surface area (Å²) in [6, 6.07) is 0. The molecule has 0 atom stereocenters. The lowest BCUT2D eigenvalue weighted by atomic mass is 10.1. The molecule has 1 aromatic heterocycles. The number of aryl methyl sites for hydroxylation is 2. The van der Waals surface area contributed by atoms with Crippen LogP contribution in [0, 0.1) is 6.92 Å². The third-order valence-corrected chi connectivity index (χ3v) is 3.87. The van der Waals surface area contributed by atoms with Crippen LogP contribution < -0.4 is 0 Å². The minimum Gasteiger partial charge on any atom is -0.325 e. The molecule has 0 bridgehead atoms. The fraction of sp³-hybridized carbons (Fsp3) is 0.846. The second-order valence-electron chi connectivity index (χ2n) is 4.61. The summed E-state index contributed by atoms with van der Waals surface area (Å²) in [6.07, 6.45) is 12.3. The molecule has 2 nitrogen and oxygen atoms in total. The summed E-state index contributed by atoms with van der Waals surface area (Å²) in [5.74, 6) is 0. The van der Waals surface area contributed by atoms with Crippen molar-refractivity contribution in [2.45, 2.75) is 71.6 Å². The number of aromatic amines is 1. The van der Waals surface area contributed by atoms with Gasteiger partial charge in [0.2, 0.25) is 0 Å². The molecule has 0 saturated heterocycles. The van der Waals surface area contributed by atoms with Crippen molar-refractivity contribution < 1.29 is 0 Å². The van der Waals surface area contributed by atoms with Gasteiger partial charge < -0.3 is 4.75 Å². The van der Waals surface area contributed by atoms with Gasteiger partial charge in [-0.25, -0.2) is 4.75 Å². The fourth-order valence-corrected chi connectivity index (χ4v) is 2.66. The second-order valence-corrected chi connectivity index (χ2v) is 5.23. The van der Waals surface area contributed by atoms with Gasteiger partial charge in [-0.3, -0.25) is 0 Å². The Morgan fingerprint density at radius 2 is 1.62 bits per heavy atom. The Morgan fingerprint density at radius 3 is 2.19 bits per heavy atom. The van der Waals surface area contributed by atoms with Crippen LogP contribution in [-0.4, -0.2) is 9.49 Å². The van der Waals surface area contributed by atoms with Crippen LogP contribution in [0.4, 0.5) is 0 Å². The van der Waals surface area contributed by atoms with E-state index in [0.29, 0.717) is 0 Å². The predicted molar refractivity (Wildman–Crippen MR) is 72.2 cm³/mol. The van der Waals surface area contributed by atoms with Crippen LogP contribution in [0.5, 0.6) is 0 Å². The number of rotatable bonds is 9. The Labute approximate surface area is 101 Å². The molecule has 1 heterocycles. The highest BCUT2D eigenvalue weighted by Gasteiger charge is 2.00. The van der Waals surface area contributed by atoms with E-state index in [4.69, 9.17) is 0 Å². The summed E-state index contributed by atoms with van der Waals surface area (Å²) in [6.45, 7) is 4.40. The van der Waals surface area contributed by atoms with Gasteiger partial charge in [-0.1, -0.05) is 51.9 Å². The molecule has 0 spiro atoms. The number of hydrogen-bond donors (Lipinski definition) is 1. The monoisotopic (exact) mass is 240 g/mol. The molecule has 0 aliphatic heterocycles. The van der Waals surface area contributed by atoms with Crippen molar-refractivity contribution in [1.29, 1.82) is 0 Å². The molecule has 0 aliphatic rings. The Kier molecular flexibility index (Phi) is 7.50. The van der Waals surface area contributed by atoms with Gasteiger partial charge in [-0.15, -0.1) is 0 Å². The van der Waals surface area contributed by atoms with E-state index >= 15 is 0 Å². The summed E-state index contributed by atoms with van der Waals surface area (Å²) < 4.78 is 7.65. The normalized spacial score (nSPS) is 11.4. The fourth-order valence-electron chi connectivity index (χ4n) is 1.96. The maximum absolute atomic E-state index is 4.42. The molecule has 0 unspecified atom stereocenters. The first-order valence-electron chi connectivity index (χ1n) is 6.71. The van der Waals surface area contributed by atoms with Gasteiger partial charge >= 0.3 is 0 Å². The Morgan fingerprint density at radius 1 is 1.00 bits per heavy atom. The highest BCUT2D eigenvalue weighted by atomic mass is 31.1. The first-order chi connectivity index (χ1) is 7.84. The zero-order valence-corrected chi connectivity index (χ0v) is 11.7. The van der Waals surface area contributed by atoms with E-state index in [2.05, 4.69) is 23.3 Å². The van der Waals surface area contributed by atoms with E-state index < -0.39 is 0 Å². The molecule has 0 radical (unpaired) electrons. The average Bonchev–Trinajstić information content (AvgIpc) is 2.68. The van der Waals surface area contributed by atoms with Crippen molar-refractivity contribution in [3.8, 4) is 0 Å².